The van der Waals surface area contributed by atoms with Crippen LogP contribution in [0.3, 0.4) is 0 Å². The molecule has 0 bridgehead atoms. The number of sulfonamides is 1. The molecule has 0 aliphatic carbocycles. The predicted octanol–water partition coefficient (Wildman–Crippen LogP) is 2.33. The van der Waals surface area contributed by atoms with Gasteiger partial charge in [-0.3, -0.25) is 0 Å². The molecule has 0 radical (unpaired) electrons. The van der Waals surface area contributed by atoms with Crippen LogP contribution in [-0.4, -0.2) is 39.7 Å². The fourth-order valence-corrected chi connectivity index (χ4v) is 3.75. The van der Waals surface area contributed by atoms with Gasteiger partial charge in [0.05, 0.1) is 16.8 Å². The number of nitrogens with zero attached hydrogens (tertiary/aromatic N) is 5. The van der Waals surface area contributed by atoms with Crippen LogP contribution in [0.4, 0.5) is 5.82 Å². The molecule has 3 N–H and O–H groups in total. The summed E-state index contributed by atoms with van der Waals surface area (Å²) >= 11 is 0. The second-order valence-electron chi connectivity index (χ2n) is 7.99. The minimum atomic E-state index is -3.64. The van der Waals surface area contributed by atoms with Crippen LogP contribution < -0.4 is 10.5 Å². The molecule has 3 rings (SSSR count). The van der Waals surface area contributed by atoms with E-state index in [2.05, 4.69) is 45.5 Å². The molecular weight excluding hydrogens is 390 g/mol. The van der Waals surface area contributed by atoms with E-state index in [4.69, 9.17) is 5.73 Å². The summed E-state index contributed by atoms with van der Waals surface area (Å²) in [6, 6.07) is 4.93. The normalized spacial score (nSPS) is 12.3. The van der Waals surface area contributed by atoms with Crippen LogP contribution >= 0.6 is 0 Å². The molecule has 0 aliphatic rings. The number of hydrogen-bond donors (Lipinski definition) is 2. The SMILES string of the molecule is Cc1ccc(S(=O)(=O)NCCC(C)(C)C)cc1-c1cnc(N)c(-n2cncn2)n1. The van der Waals surface area contributed by atoms with Gasteiger partial charge in [-0.1, -0.05) is 26.8 Å². The number of rotatable bonds is 6. The van der Waals surface area contributed by atoms with Crippen molar-refractivity contribution in [3.63, 3.8) is 0 Å². The van der Waals surface area contributed by atoms with Crippen LogP contribution in [-0.2, 0) is 10.0 Å². The fraction of sp³-hybridized carbons (Fsp3) is 0.368. The molecule has 10 heteroatoms. The van der Waals surface area contributed by atoms with Gasteiger partial charge in [-0.15, -0.1) is 0 Å². The molecule has 2 heterocycles. The average Bonchev–Trinajstić information content (AvgIpc) is 3.15. The number of aromatic nitrogens is 5. The Morgan fingerprint density at radius 3 is 2.66 bits per heavy atom. The zero-order valence-electron chi connectivity index (χ0n) is 16.9. The zero-order valence-corrected chi connectivity index (χ0v) is 17.7. The van der Waals surface area contributed by atoms with E-state index in [0.29, 0.717) is 23.6 Å². The number of nitrogen functional groups attached to an aromatic ring is 1. The molecule has 0 fully saturated rings. The third kappa shape index (κ3) is 4.96. The maximum atomic E-state index is 12.7. The van der Waals surface area contributed by atoms with Gasteiger partial charge in [0.2, 0.25) is 10.0 Å². The third-order valence-electron chi connectivity index (χ3n) is 4.38. The molecule has 3 aromatic rings. The monoisotopic (exact) mass is 415 g/mol. The summed E-state index contributed by atoms with van der Waals surface area (Å²) in [6.07, 6.45) is 5.09. The molecule has 29 heavy (non-hydrogen) atoms. The maximum absolute atomic E-state index is 12.7. The number of anilines is 1. The van der Waals surface area contributed by atoms with Crippen molar-refractivity contribution in [1.29, 1.82) is 0 Å². The molecule has 0 spiro atoms. The molecule has 0 amide bonds. The second-order valence-corrected chi connectivity index (χ2v) is 9.76. The first-order valence-corrected chi connectivity index (χ1v) is 10.6. The second kappa shape index (κ2) is 7.88. The lowest BCUT2D eigenvalue weighted by Gasteiger charge is -2.18. The lowest BCUT2D eigenvalue weighted by atomic mass is 9.93. The van der Waals surface area contributed by atoms with Crippen molar-refractivity contribution in [2.75, 3.05) is 12.3 Å². The minimum Gasteiger partial charge on any atom is -0.381 e. The van der Waals surface area contributed by atoms with Gasteiger partial charge in [0.15, 0.2) is 11.6 Å². The predicted molar refractivity (Wildman–Crippen MR) is 111 cm³/mol. The van der Waals surface area contributed by atoms with Gasteiger partial charge in [0.1, 0.15) is 12.7 Å². The Bertz CT molecular complexity index is 1100. The van der Waals surface area contributed by atoms with Crippen LogP contribution in [0, 0.1) is 12.3 Å². The van der Waals surface area contributed by atoms with Crippen molar-refractivity contribution in [2.24, 2.45) is 5.41 Å². The van der Waals surface area contributed by atoms with E-state index in [-0.39, 0.29) is 16.1 Å². The summed E-state index contributed by atoms with van der Waals surface area (Å²) in [5.41, 5.74) is 7.97. The van der Waals surface area contributed by atoms with Crippen molar-refractivity contribution in [3.8, 4) is 17.1 Å². The highest BCUT2D eigenvalue weighted by molar-refractivity contribution is 7.89. The van der Waals surface area contributed by atoms with Gasteiger partial charge in [0.25, 0.3) is 0 Å². The summed E-state index contributed by atoms with van der Waals surface area (Å²) < 4.78 is 29.5. The van der Waals surface area contributed by atoms with Crippen molar-refractivity contribution in [3.05, 3.63) is 42.6 Å². The lowest BCUT2D eigenvalue weighted by molar-refractivity contribution is 0.378. The largest absolute Gasteiger partial charge is 0.381 e. The summed E-state index contributed by atoms with van der Waals surface area (Å²) in [4.78, 5) is 12.8. The Balaban J connectivity index is 1.95. The number of aryl methyl sites for hydroxylation is 1. The number of nitrogens with one attached hydrogen (secondary N) is 1. The molecule has 1 aromatic carbocycles. The Kier molecular flexibility index (Phi) is 5.67. The summed E-state index contributed by atoms with van der Waals surface area (Å²) in [7, 11) is -3.64. The molecule has 0 unspecified atom stereocenters. The highest BCUT2D eigenvalue weighted by Crippen LogP contribution is 2.26. The van der Waals surface area contributed by atoms with Gasteiger partial charge < -0.3 is 5.73 Å². The van der Waals surface area contributed by atoms with Gasteiger partial charge in [-0.05, 0) is 36.5 Å². The number of hydrogen-bond acceptors (Lipinski definition) is 7. The highest BCUT2D eigenvalue weighted by Gasteiger charge is 2.19. The van der Waals surface area contributed by atoms with Crippen LogP contribution in [0.15, 0.2) is 41.9 Å². The van der Waals surface area contributed by atoms with E-state index in [1.54, 1.807) is 18.2 Å². The van der Waals surface area contributed by atoms with Crippen LogP contribution in [0.1, 0.15) is 32.8 Å². The molecule has 9 nitrogen and oxygen atoms in total. The molecular formula is C19H25N7O2S. The Morgan fingerprint density at radius 1 is 1.24 bits per heavy atom. The van der Waals surface area contributed by atoms with E-state index in [1.165, 1.54) is 23.5 Å². The van der Waals surface area contributed by atoms with E-state index in [9.17, 15) is 8.42 Å². The van der Waals surface area contributed by atoms with Crippen molar-refractivity contribution in [1.82, 2.24) is 29.5 Å². The quantitative estimate of drug-likeness (QED) is 0.632. The van der Waals surface area contributed by atoms with Gasteiger partial charge >= 0.3 is 0 Å². The van der Waals surface area contributed by atoms with E-state index < -0.39 is 10.0 Å². The number of benzene rings is 1. The molecule has 2 aromatic heterocycles. The molecule has 154 valence electrons. The van der Waals surface area contributed by atoms with Crippen LogP contribution in [0.2, 0.25) is 0 Å². The molecule has 0 atom stereocenters. The van der Waals surface area contributed by atoms with Gasteiger partial charge in [0, 0.05) is 12.1 Å². The van der Waals surface area contributed by atoms with E-state index in [0.717, 1.165) is 12.0 Å². The van der Waals surface area contributed by atoms with Crippen molar-refractivity contribution in [2.45, 2.75) is 39.0 Å². The minimum absolute atomic E-state index is 0.0400. The lowest BCUT2D eigenvalue weighted by Crippen LogP contribution is -2.27. The zero-order chi connectivity index (χ0) is 21.2. The van der Waals surface area contributed by atoms with Gasteiger partial charge in [-0.2, -0.15) is 9.78 Å². The molecule has 0 aliphatic heterocycles. The first-order valence-electron chi connectivity index (χ1n) is 9.15. The van der Waals surface area contributed by atoms with E-state index in [1.807, 2.05) is 6.92 Å². The highest BCUT2D eigenvalue weighted by atomic mass is 32.2. The standard InChI is InChI=1S/C19H25N7O2S/c1-13-5-6-14(29(27,28)24-8-7-19(2,3)4)9-15(13)16-10-22-17(20)18(25-16)26-12-21-11-23-26/h5-6,9-12,24H,7-8H2,1-4H3,(H2,20,22). The Labute approximate surface area is 170 Å². The summed E-state index contributed by atoms with van der Waals surface area (Å²) in [5.74, 6) is 0.528. The average molecular weight is 416 g/mol. The Morgan fingerprint density at radius 2 is 2.00 bits per heavy atom. The Hall–Kier alpha value is -2.85. The first-order chi connectivity index (χ1) is 13.6. The van der Waals surface area contributed by atoms with E-state index >= 15 is 0 Å². The molecule has 0 saturated carbocycles. The first kappa shape index (κ1) is 20.9. The summed E-state index contributed by atoms with van der Waals surface area (Å²) in [5, 5.41) is 4.03. The maximum Gasteiger partial charge on any atom is 0.240 e. The topological polar surface area (TPSA) is 129 Å². The van der Waals surface area contributed by atoms with Crippen molar-refractivity contribution >= 4 is 15.8 Å². The smallest absolute Gasteiger partial charge is 0.240 e. The van der Waals surface area contributed by atoms with Crippen LogP contribution in [0.5, 0.6) is 0 Å². The summed E-state index contributed by atoms with van der Waals surface area (Å²) in [6.45, 7) is 8.45. The fourth-order valence-electron chi connectivity index (χ4n) is 2.69. The van der Waals surface area contributed by atoms with Gasteiger partial charge in [-0.25, -0.2) is 28.1 Å². The van der Waals surface area contributed by atoms with Crippen LogP contribution in [0.25, 0.3) is 17.1 Å². The van der Waals surface area contributed by atoms with Crippen molar-refractivity contribution < 1.29 is 8.42 Å². The third-order valence-corrected chi connectivity index (χ3v) is 5.84. The molecule has 0 saturated heterocycles. The number of nitrogens with two attached hydrogens (primary N) is 1.